The predicted octanol–water partition coefficient (Wildman–Crippen LogP) is -2.07. The molecule has 2 saturated heterocycles. The van der Waals surface area contributed by atoms with Gasteiger partial charge in [-0.25, -0.2) is 13.2 Å². The number of nitrogens with one attached hydrogen (secondary N) is 4. The number of guanidine groups is 1. The number of imide groups is 1. The topological polar surface area (TPSA) is 152 Å². The van der Waals surface area contributed by atoms with E-state index in [0.29, 0.717) is 25.8 Å². The molecule has 0 aromatic heterocycles. The van der Waals surface area contributed by atoms with E-state index in [1.807, 2.05) is 6.92 Å². The molecule has 0 aromatic rings. The molecule has 150 valence electrons. The van der Waals surface area contributed by atoms with E-state index in [2.05, 4.69) is 25.8 Å². The monoisotopic (exact) mass is 404 g/mol. The minimum absolute atomic E-state index is 0.00150. The number of amides is 3. The van der Waals surface area contributed by atoms with E-state index in [-0.39, 0.29) is 42.4 Å². The number of carbonyl (C=O) groups excluding carboxylic acids is 2. The second kappa shape index (κ2) is 6.60. The van der Waals surface area contributed by atoms with Gasteiger partial charge in [-0.05, 0) is 0 Å². The molecule has 3 amide bonds. The van der Waals surface area contributed by atoms with Crippen LogP contribution in [0.3, 0.4) is 0 Å². The van der Waals surface area contributed by atoms with Crippen LogP contribution in [0.4, 0.5) is 4.79 Å². The fraction of sp³-hybridized carbons (Fsp3) is 0.800. The molecule has 0 radical (unpaired) electrons. The minimum Gasteiger partial charge on any atom is -0.726 e. The quantitative estimate of drug-likeness (QED) is 0.137. The van der Waals surface area contributed by atoms with Crippen LogP contribution in [-0.4, -0.2) is 72.3 Å². The van der Waals surface area contributed by atoms with Crippen LogP contribution in [0.5, 0.6) is 0 Å². The van der Waals surface area contributed by atoms with Crippen LogP contribution < -0.4 is 21.3 Å². The molecule has 11 nitrogen and oxygen atoms in total. The van der Waals surface area contributed by atoms with Gasteiger partial charge in [-0.1, -0.05) is 6.92 Å². The Morgan fingerprint density at radius 2 is 2.00 bits per heavy atom. The minimum atomic E-state index is -4.76. The summed E-state index contributed by atoms with van der Waals surface area (Å²) < 4.78 is 40.3. The largest absolute Gasteiger partial charge is 0.726 e. The van der Waals surface area contributed by atoms with Crippen molar-refractivity contribution in [2.75, 3.05) is 6.54 Å². The van der Waals surface area contributed by atoms with Crippen LogP contribution in [0.25, 0.3) is 0 Å². The summed E-state index contributed by atoms with van der Waals surface area (Å²) >= 11 is 0. The van der Waals surface area contributed by atoms with Gasteiger partial charge < -0.3 is 9.87 Å². The van der Waals surface area contributed by atoms with E-state index in [1.54, 1.807) is 0 Å². The zero-order valence-corrected chi connectivity index (χ0v) is 15.6. The fourth-order valence-corrected chi connectivity index (χ4v) is 5.36. The first-order valence-corrected chi connectivity index (χ1v) is 10.4. The number of carbonyl (C=O) groups is 2. The van der Waals surface area contributed by atoms with Crippen molar-refractivity contribution in [1.82, 2.24) is 21.3 Å². The molecule has 4 heterocycles. The second-order valence-corrected chi connectivity index (χ2v) is 8.74. The smallest absolute Gasteiger partial charge is 0.346 e. The van der Waals surface area contributed by atoms with Crippen LogP contribution in [0.2, 0.25) is 0 Å². The first-order chi connectivity index (χ1) is 12.7. The molecule has 0 bridgehead atoms. The summed E-state index contributed by atoms with van der Waals surface area (Å²) in [6.07, 6.45) is 1.27. The summed E-state index contributed by atoms with van der Waals surface area (Å²) in [5.74, 6) is 0.464. The Morgan fingerprint density at radius 1 is 1.22 bits per heavy atom. The molecule has 2 fully saturated rings. The van der Waals surface area contributed by atoms with Crippen LogP contribution in [0, 0.1) is 5.92 Å². The van der Waals surface area contributed by atoms with Gasteiger partial charge in [0.25, 0.3) is 0 Å². The first-order valence-electron chi connectivity index (χ1n) is 9.10. The predicted molar refractivity (Wildman–Crippen MR) is 90.4 cm³/mol. The maximum absolute atomic E-state index is 11.6. The molecule has 27 heavy (non-hydrogen) atoms. The van der Waals surface area contributed by atoms with Crippen LogP contribution >= 0.6 is 0 Å². The van der Waals surface area contributed by atoms with Crippen molar-refractivity contribution in [2.45, 2.75) is 62.9 Å². The third-order valence-corrected chi connectivity index (χ3v) is 6.40. The van der Waals surface area contributed by atoms with Crippen LogP contribution in [0.15, 0.2) is 0 Å². The average Bonchev–Trinajstić information content (AvgIpc) is 2.94. The van der Waals surface area contributed by atoms with Crippen LogP contribution in [-0.2, 0) is 19.4 Å². The molecule has 0 spiro atoms. The standard InChI is InChI=1S/C15H23N5O6S/c1-7-11-6-16-14-17-8(2-9-4-13(21)19-15(22)18-9)3-10(20(11)14)5-12(7)26-27(23,24)25/h7-12H,2-6H2,1H3,(H4,16,17,18,19,21,22,23,24,25)/i6+1,11+1,16+1. The summed E-state index contributed by atoms with van der Waals surface area (Å²) in [5.41, 5.74) is 0. The van der Waals surface area contributed by atoms with E-state index >= 15 is 0 Å². The van der Waals surface area contributed by atoms with Crippen molar-refractivity contribution in [3.05, 3.63) is 0 Å². The molecular formula is C15H23N5O6S. The molecule has 6 unspecified atom stereocenters. The van der Waals surface area contributed by atoms with Gasteiger partial charge in [-0.15, -0.1) is 0 Å². The van der Waals surface area contributed by atoms with Gasteiger partial charge in [-0.2, -0.15) is 0 Å². The summed E-state index contributed by atoms with van der Waals surface area (Å²) in [4.78, 5) is 23.1. The number of urea groups is 1. The number of piperidine rings is 1. The molecule has 12 heteroatoms. The van der Waals surface area contributed by atoms with E-state index < -0.39 is 22.5 Å². The fourth-order valence-electron chi connectivity index (χ4n) is 4.80. The van der Waals surface area contributed by atoms with Gasteiger partial charge in [0.05, 0.1) is 24.7 Å². The maximum atomic E-state index is 11.6. The third-order valence-electron chi connectivity index (χ3n) is 5.91. The number of hydrogen-bond donors (Lipinski definition) is 4. The lowest BCUT2D eigenvalue weighted by Crippen LogP contribution is -2.60. The molecular weight excluding hydrogens is 381 g/mol. The van der Waals surface area contributed by atoms with Crippen molar-refractivity contribution in [2.24, 2.45) is 5.92 Å². The van der Waals surface area contributed by atoms with E-state index in [1.165, 1.54) is 0 Å². The van der Waals surface area contributed by atoms with E-state index in [4.69, 9.17) is 4.18 Å². The third kappa shape index (κ3) is 3.73. The Balaban J connectivity index is 1.49. The van der Waals surface area contributed by atoms with Gasteiger partial charge in [0.15, 0.2) is 0 Å². The summed E-state index contributed by atoms with van der Waals surface area (Å²) in [5, 5.41) is 11.7. The van der Waals surface area contributed by atoms with Gasteiger partial charge >= 0.3 is 12.0 Å². The molecule has 4 aliphatic rings. The van der Waals surface area contributed by atoms with Crippen molar-refractivity contribution in [3.63, 3.8) is 0 Å². The molecule has 0 aliphatic carbocycles. The number of rotatable bonds is 4. The lowest BCUT2D eigenvalue weighted by molar-refractivity contribution is -0.620. The highest BCUT2D eigenvalue weighted by molar-refractivity contribution is 7.80. The van der Waals surface area contributed by atoms with Crippen molar-refractivity contribution >= 4 is 28.3 Å². The Bertz CT molecular complexity index is 783. The summed E-state index contributed by atoms with van der Waals surface area (Å²) in [7, 11) is -4.76. The molecule has 4 N–H and O–H groups in total. The van der Waals surface area contributed by atoms with E-state index in [9.17, 15) is 22.6 Å². The number of hydrogen-bond acceptors (Lipinski definition) is 8. The Morgan fingerprint density at radius 3 is 2.70 bits per heavy atom. The van der Waals surface area contributed by atoms with Gasteiger partial charge in [0.1, 0.15) is 6.04 Å². The highest BCUT2D eigenvalue weighted by atomic mass is 32.3. The molecule has 0 saturated carbocycles. The Labute approximate surface area is 156 Å². The molecule has 6 atom stereocenters. The van der Waals surface area contributed by atoms with Gasteiger partial charge in [0, 0.05) is 37.6 Å². The summed E-state index contributed by atoms with van der Waals surface area (Å²) in [6.45, 7) is 2.53. The first kappa shape index (κ1) is 18.4. The average molecular weight is 404 g/mol. The molecule has 4 rings (SSSR count). The van der Waals surface area contributed by atoms with Gasteiger partial charge in [0.2, 0.25) is 16.3 Å². The van der Waals surface area contributed by atoms with Crippen LogP contribution in [0.1, 0.15) is 32.6 Å². The second-order valence-electron chi connectivity index (χ2n) is 7.73. The highest BCUT2D eigenvalue weighted by Crippen LogP contribution is 2.34. The van der Waals surface area contributed by atoms with E-state index in [0.717, 1.165) is 5.96 Å². The Hall–Kier alpha value is -1.92. The Kier molecular flexibility index (Phi) is 4.51. The zero-order chi connectivity index (χ0) is 19.3. The molecule has 4 aliphatic heterocycles. The molecule has 0 aromatic carbocycles. The normalized spacial score (nSPS) is 38.4. The maximum Gasteiger partial charge on any atom is 0.346 e. The van der Waals surface area contributed by atoms with Crippen molar-refractivity contribution < 1.29 is 31.3 Å². The lowest BCUT2D eigenvalue weighted by atomic mass is 9.89. The summed E-state index contributed by atoms with van der Waals surface area (Å²) in [6, 6.07) is -0.686. The number of nitrogens with zero attached hydrogens (tertiary/aromatic N) is 1. The van der Waals surface area contributed by atoms with Crippen molar-refractivity contribution in [3.8, 4) is 0 Å². The highest BCUT2D eigenvalue weighted by Gasteiger charge is 2.51. The van der Waals surface area contributed by atoms with Crippen molar-refractivity contribution in [1.29, 1.82) is 0 Å². The SMILES string of the molecule is CC1C(OS(=O)(=O)[O-])CC2CC(CC3CC(=O)NC(=O)N3)NC3=[N+]2[13CH]1[13CH2][15NH]3. The van der Waals surface area contributed by atoms with Gasteiger partial charge in [-0.3, -0.25) is 29.5 Å². The lowest BCUT2D eigenvalue weighted by Gasteiger charge is -2.41. The zero-order valence-electron chi connectivity index (χ0n) is 14.8.